The molecule has 1 unspecified atom stereocenters. The summed E-state index contributed by atoms with van der Waals surface area (Å²) >= 11 is 5.84. The fraction of sp³-hybridized carbons (Fsp3) is 0.429. The number of benzene rings is 1. The Morgan fingerprint density at radius 1 is 1.40 bits per heavy atom. The predicted octanol–water partition coefficient (Wildman–Crippen LogP) is 2.05. The van der Waals surface area contributed by atoms with Crippen LogP contribution in [0.4, 0.5) is 4.39 Å². The van der Waals surface area contributed by atoms with Crippen LogP contribution < -0.4 is 10.6 Å². The molecule has 0 aliphatic carbocycles. The van der Waals surface area contributed by atoms with Crippen molar-refractivity contribution < 1.29 is 14.0 Å². The highest BCUT2D eigenvalue weighted by atomic mass is 35.5. The molecular formula is C14H18ClFN2O2. The van der Waals surface area contributed by atoms with Gasteiger partial charge in [-0.15, -0.1) is 0 Å². The molecule has 0 spiro atoms. The van der Waals surface area contributed by atoms with E-state index < -0.39 is 17.8 Å². The van der Waals surface area contributed by atoms with Gasteiger partial charge in [-0.05, 0) is 25.5 Å². The Balaban J connectivity index is 2.57. The summed E-state index contributed by atoms with van der Waals surface area (Å²) in [4.78, 5) is 23.4. The molecule has 20 heavy (non-hydrogen) atoms. The van der Waals surface area contributed by atoms with E-state index in [1.165, 1.54) is 18.2 Å². The van der Waals surface area contributed by atoms with Crippen molar-refractivity contribution in [1.82, 2.24) is 10.6 Å². The van der Waals surface area contributed by atoms with Crippen LogP contribution in [-0.2, 0) is 16.0 Å². The first-order valence-electron chi connectivity index (χ1n) is 6.45. The molecule has 0 bridgehead atoms. The third kappa shape index (κ3) is 4.81. The van der Waals surface area contributed by atoms with Crippen LogP contribution in [0.15, 0.2) is 18.2 Å². The van der Waals surface area contributed by atoms with Crippen LogP contribution in [0.1, 0.15) is 25.8 Å². The van der Waals surface area contributed by atoms with E-state index in [-0.39, 0.29) is 22.9 Å². The van der Waals surface area contributed by atoms with E-state index in [1.807, 2.05) is 6.92 Å². The summed E-state index contributed by atoms with van der Waals surface area (Å²) in [5.41, 5.74) is 0.132. The number of carbonyl (C=O) groups excluding carboxylic acids is 2. The van der Waals surface area contributed by atoms with Gasteiger partial charge in [-0.1, -0.05) is 24.6 Å². The minimum Gasteiger partial charge on any atom is -0.354 e. The van der Waals surface area contributed by atoms with Gasteiger partial charge in [-0.3, -0.25) is 9.59 Å². The maximum absolute atomic E-state index is 13.5. The summed E-state index contributed by atoms with van der Waals surface area (Å²) in [5.74, 6) is -1.24. The molecule has 2 amide bonds. The van der Waals surface area contributed by atoms with Crippen LogP contribution >= 0.6 is 11.6 Å². The van der Waals surface area contributed by atoms with E-state index in [0.29, 0.717) is 6.54 Å². The molecule has 110 valence electrons. The Bertz CT molecular complexity index is 474. The highest BCUT2D eigenvalue weighted by Crippen LogP contribution is 2.19. The van der Waals surface area contributed by atoms with Gasteiger partial charge in [-0.2, -0.15) is 0 Å². The summed E-state index contributed by atoms with van der Waals surface area (Å²) in [6.45, 7) is 4.06. The van der Waals surface area contributed by atoms with Crippen molar-refractivity contribution in [3.05, 3.63) is 34.6 Å². The lowest BCUT2D eigenvalue weighted by atomic mass is 10.1. The molecule has 0 aliphatic heterocycles. The van der Waals surface area contributed by atoms with Gasteiger partial charge in [0, 0.05) is 17.1 Å². The number of hydrogen-bond donors (Lipinski definition) is 2. The number of hydrogen-bond acceptors (Lipinski definition) is 2. The molecular weight excluding hydrogens is 283 g/mol. The zero-order chi connectivity index (χ0) is 15.1. The number of rotatable bonds is 6. The van der Waals surface area contributed by atoms with Gasteiger partial charge in [-0.25, -0.2) is 4.39 Å². The topological polar surface area (TPSA) is 58.2 Å². The first kappa shape index (κ1) is 16.4. The van der Waals surface area contributed by atoms with Crippen LogP contribution in [0.3, 0.4) is 0 Å². The molecule has 0 radical (unpaired) electrons. The predicted molar refractivity (Wildman–Crippen MR) is 76.0 cm³/mol. The SMILES string of the molecule is CCCNC(=O)C(C)NC(=O)Cc1c(F)cccc1Cl. The summed E-state index contributed by atoms with van der Waals surface area (Å²) < 4.78 is 13.5. The van der Waals surface area contributed by atoms with Crippen molar-refractivity contribution in [2.45, 2.75) is 32.7 Å². The molecule has 1 rings (SSSR count). The largest absolute Gasteiger partial charge is 0.354 e. The second kappa shape index (κ2) is 7.85. The van der Waals surface area contributed by atoms with E-state index in [4.69, 9.17) is 11.6 Å². The third-order valence-corrected chi connectivity index (χ3v) is 3.07. The van der Waals surface area contributed by atoms with Crippen LogP contribution in [0.5, 0.6) is 0 Å². The monoisotopic (exact) mass is 300 g/mol. The van der Waals surface area contributed by atoms with Gasteiger partial charge >= 0.3 is 0 Å². The molecule has 0 aliphatic rings. The molecule has 0 saturated carbocycles. The lowest BCUT2D eigenvalue weighted by Crippen LogP contribution is -2.45. The van der Waals surface area contributed by atoms with Crippen molar-refractivity contribution in [3.8, 4) is 0 Å². The van der Waals surface area contributed by atoms with E-state index in [2.05, 4.69) is 10.6 Å². The van der Waals surface area contributed by atoms with Gasteiger partial charge < -0.3 is 10.6 Å². The molecule has 6 heteroatoms. The first-order valence-corrected chi connectivity index (χ1v) is 6.83. The Morgan fingerprint density at radius 2 is 2.10 bits per heavy atom. The molecule has 0 fully saturated rings. The molecule has 0 heterocycles. The van der Waals surface area contributed by atoms with Crippen LogP contribution in [-0.4, -0.2) is 24.4 Å². The zero-order valence-electron chi connectivity index (χ0n) is 11.5. The highest BCUT2D eigenvalue weighted by Gasteiger charge is 2.17. The quantitative estimate of drug-likeness (QED) is 0.845. The summed E-state index contributed by atoms with van der Waals surface area (Å²) in [7, 11) is 0. The van der Waals surface area contributed by atoms with Crippen molar-refractivity contribution in [1.29, 1.82) is 0 Å². The summed E-state index contributed by atoms with van der Waals surface area (Å²) in [6.07, 6.45) is 0.619. The van der Waals surface area contributed by atoms with Gasteiger partial charge in [0.25, 0.3) is 0 Å². The fourth-order valence-electron chi connectivity index (χ4n) is 1.62. The van der Waals surface area contributed by atoms with E-state index in [0.717, 1.165) is 6.42 Å². The van der Waals surface area contributed by atoms with Crippen LogP contribution in [0, 0.1) is 5.82 Å². The number of halogens is 2. The van der Waals surface area contributed by atoms with Gasteiger partial charge in [0.05, 0.1) is 6.42 Å². The fourth-order valence-corrected chi connectivity index (χ4v) is 1.85. The molecule has 1 aromatic rings. The van der Waals surface area contributed by atoms with Crippen LogP contribution in [0.2, 0.25) is 5.02 Å². The minimum absolute atomic E-state index is 0.132. The maximum Gasteiger partial charge on any atom is 0.242 e. The van der Waals surface area contributed by atoms with Gasteiger partial charge in [0.2, 0.25) is 11.8 Å². The van der Waals surface area contributed by atoms with Crippen molar-refractivity contribution in [3.63, 3.8) is 0 Å². The smallest absolute Gasteiger partial charge is 0.242 e. The number of carbonyl (C=O) groups is 2. The lowest BCUT2D eigenvalue weighted by molar-refractivity contribution is -0.128. The average Bonchev–Trinajstić information content (AvgIpc) is 2.40. The second-order valence-electron chi connectivity index (χ2n) is 4.46. The number of amides is 2. The first-order chi connectivity index (χ1) is 9.45. The molecule has 0 aromatic heterocycles. The van der Waals surface area contributed by atoms with Gasteiger partial charge in [0.15, 0.2) is 0 Å². The summed E-state index contributed by atoms with van der Waals surface area (Å²) in [6, 6.07) is 3.57. The molecule has 4 nitrogen and oxygen atoms in total. The van der Waals surface area contributed by atoms with E-state index in [9.17, 15) is 14.0 Å². The Morgan fingerprint density at radius 3 is 2.70 bits per heavy atom. The highest BCUT2D eigenvalue weighted by molar-refractivity contribution is 6.31. The molecule has 1 atom stereocenters. The summed E-state index contributed by atoms with van der Waals surface area (Å²) in [5, 5.41) is 5.38. The Kier molecular flexibility index (Phi) is 6.45. The van der Waals surface area contributed by atoms with Crippen molar-refractivity contribution >= 4 is 23.4 Å². The molecule has 1 aromatic carbocycles. The van der Waals surface area contributed by atoms with Crippen molar-refractivity contribution in [2.24, 2.45) is 0 Å². The normalized spacial score (nSPS) is 11.8. The average molecular weight is 301 g/mol. The standard InChI is InChI=1S/C14H18ClFN2O2/c1-3-7-17-14(20)9(2)18-13(19)8-10-11(15)5-4-6-12(10)16/h4-6,9H,3,7-8H2,1-2H3,(H,17,20)(H,18,19). The lowest BCUT2D eigenvalue weighted by Gasteiger charge is -2.14. The second-order valence-corrected chi connectivity index (χ2v) is 4.86. The zero-order valence-corrected chi connectivity index (χ0v) is 12.3. The Labute approximate surface area is 122 Å². The molecule has 0 saturated heterocycles. The third-order valence-electron chi connectivity index (χ3n) is 2.72. The minimum atomic E-state index is -0.667. The van der Waals surface area contributed by atoms with E-state index >= 15 is 0 Å². The van der Waals surface area contributed by atoms with Crippen molar-refractivity contribution in [2.75, 3.05) is 6.54 Å². The van der Waals surface area contributed by atoms with Crippen LogP contribution in [0.25, 0.3) is 0 Å². The maximum atomic E-state index is 13.5. The Hall–Kier alpha value is -1.62. The van der Waals surface area contributed by atoms with Gasteiger partial charge in [0.1, 0.15) is 11.9 Å². The number of nitrogens with one attached hydrogen (secondary N) is 2. The van der Waals surface area contributed by atoms with E-state index in [1.54, 1.807) is 6.92 Å². The molecule has 2 N–H and O–H groups in total.